The predicted molar refractivity (Wildman–Crippen MR) is 74.4 cm³/mol. The van der Waals surface area contributed by atoms with Gasteiger partial charge in [0.15, 0.2) is 0 Å². The highest BCUT2D eigenvalue weighted by Crippen LogP contribution is 2.49. The van der Waals surface area contributed by atoms with Crippen LogP contribution in [0.15, 0.2) is 0 Å². The third-order valence-electron chi connectivity index (χ3n) is 5.72. The molecule has 2 aliphatic carbocycles. The molecule has 1 saturated heterocycles. The molecule has 0 atom stereocenters. The van der Waals surface area contributed by atoms with Crippen LogP contribution in [0.3, 0.4) is 0 Å². The number of rotatable bonds is 0. The van der Waals surface area contributed by atoms with Crippen molar-refractivity contribution in [2.24, 2.45) is 11.3 Å². The fourth-order valence-corrected chi connectivity index (χ4v) is 4.17. The molecule has 2 saturated carbocycles. The van der Waals surface area contributed by atoms with Crippen LogP contribution >= 0.6 is 0 Å². The van der Waals surface area contributed by atoms with Gasteiger partial charge in [0, 0.05) is 6.54 Å². The molecule has 0 radical (unpaired) electrons. The van der Waals surface area contributed by atoms with E-state index in [0.717, 1.165) is 5.92 Å². The molecule has 2 spiro atoms. The van der Waals surface area contributed by atoms with Crippen molar-refractivity contribution in [1.82, 2.24) is 5.32 Å². The van der Waals surface area contributed by atoms with Gasteiger partial charge >= 0.3 is 0 Å². The highest BCUT2D eigenvalue weighted by molar-refractivity contribution is 5.00. The molecular formula is C16H29NO. The molecule has 0 aromatic rings. The van der Waals surface area contributed by atoms with E-state index in [0.29, 0.717) is 5.41 Å². The van der Waals surface area contributed by atoms with Crippen molar-refractivity contribution in [3.8, 4) is 0 Å². The van der Waals surface area contributed by atoms with Gasteiger partial charge in [-0.3, -0.25) is 5.32 Å². The summed E-state index contributed by atoms with van der Waals surface area (Å²) in [6.45, 7) is 8.33. The van der Waals surface area contributed by atoms with E-state index in [1.807, 2.05) is 0 Å². The van der Waals surface area contributed by atoms with Crippen molar-refractivity contribution in [3.05, 3.63) is 0 Å². The average molecular weight is 251 g/mol. The number of ether oxygens (including phenoxy) is 1. The Morgan fingerprint density at radius 2 is 1.67 bits per heavy atom. The minimum Gasteiger partial charge on any atom is -0.354 e. The maximum absolute atomic E-state index is 6.59. The zero-order valence-corrected chi connectivity index (χ0v) is 12.3. The molecule has 1 heterocycles. The lowest BCUT2D eigenvalue weighted by molar-refractivity contribution is -0.245. The second kappa shape index (κ2) is 4.21. The molecule has 0 bridgehead atoms. The molecule has 2 nitrogen and oxygen atoms in total. The molecule has 1 N–H and O–H groups in total. The van der Waals surface area contributed by atoms with Crippen molar-refractivity contribution in [2.75, 3.05) is 6.54 Å². The van der Waals surface area contributed by atoms with E-state index in [-0.39, 0.29) is 11.3 Å². The van der Waals surface area contributed by atoms with Crippen molar-refractivity contribution in [3.63, 3.8) is 0 Å². The maximum atomic E-state index is 6.59. The number of hydrogen-bond acceptors (Lipinski definition) is 2. The van der Waals surface area contributed by atoms with E-state index in [1.54, 1.807) is 0 Å². The van der Waals surface area contributed by atoms with Gasteiger partial charge in [-0.2, -0.15) is 0 Å². The predicted octanol–water partition coefficient (Wildman–Crippen LogP) is 3.85. The zero-order chi connectivity index (χ0) is 12.9. The van der Waals surface area contributed by atoms with Crippen LogP contribution in [0, 0.1) is 11.3 Å². The molecule has 18 heavy (non-hydrogen) atoms. The smallest absolute Gasteiger partial charge is 0.120 e. The molecule has 1 aliphatic heterocycles. The Morgan fingerprint density at radius 1 is 1.00 bits per heavy atom. The van der Waals surface area contributed by atoms with Crippen LogP contribution in [0.25, 0.3) is 0 Å². The van der Waals surface area contributed by atoms with Crippen LogP contribution in [0.4, 0.5) is 0 Å². The second-order valence-electron chi connectivity index (χ2n) is 7.95. The SMILES string of the molecule is CC(C)(C)C1CCC2(CC1)NCCC1(CCC1)O2. The van der Waals surface area contributed by atoms with Crippen LogP contribution < -0.4 is 5.32 Å². The second-order valence-corrected chi connectivity index (χ2v) is 7.95. The van der Waals surface area contributed by atoms with Crippen LogP contribution in [0.5, 0.6) is 0 Å². The summed E-state index contributed by atoms with van der Waals surface area (Å²) in [7, 11) is 0. The average Bonchev–Trinajstić information content (AvgIpc) is 2.26. The molecule has 3 aliphatic rings. The lowest BCUT2D eigenvalue weighted by Crippen LogP contribution is -2.63. The molecular weight excluding hydrogens is 222 g/mol. The van der Waals surface area contributed by atoms with Gasteiger partial charge in [0.2, 0.25) is 0 Å². The highest BCUT2D eigenvalue weighted by Gasteiger charge is 2.50. The topological polar surface area (TPSA) is 21.3 Å². The lowest BCUT2D eigenvalue weighted by Gasteiger charge is -2.55. The third-order valence-corrected chi connectivity index (χ3v) is 5.72. The van der Waals surface area contributed by atoms with Gasteiger partial charge in [-0.05, 0) is 62.7 Å². The van der Waals surface area contributed by atoms with E-state index in [2.05, 4.69) is 26.1 Å². The summed E-state index contributed by atoms with van der Waals surface area (Å²) in [6, 6.07) is 0. The highest BCUT2D eigenvalue weighted by atomic mass is 16.5. The minimum absolute atomic E-state index is 0.0421. The first-order valence-electron chi connectivity index (χ1n) is 7.88. The van der Waals surface area contributed by atoms with Crippen LogP contribution in [0.2, 0.25) is 0 Å². The van der Waals surface area contributed by atoms with E-state index < -0.39 is 0 Å². The van der Waals surface area contributed by atoms with E-state index >= 15 is 0 Å². The Labute approximate surface area is 112 Å². The fourth-order valence-electron chi connectivity index (χ4n) is 4.17. The van der Waals surface area contributed by atoms with Gasteiger partial charge in [-0.25, -0.2) is 0 Å². The van der Waals surface area contributed by atoms with Gasteiger partial charge in [-0.15, -0.1) is 0 Å². The summed E-state index contributed by atoms with van der Waals surface area (Å²) in [5.74, 6) is 0.868. The van der Waals surface area contributed by atoms with Crippen molar-refractivity contribution < 1.29 is 4.74 Å². The molecule has 0 aromatic heterocycles. The van der Waals surface area contributed by atoms with Gasteiger partial charge in [0.05, 0.1) is 5.60 Å². The first kappa shape index (κ1) is 12.9. The van der Waals surface area contributed by atoms with Crippen molar-refractivity contribution >= 4 is 0 Å². The summed E-state index contributed by atoms with van der Waals surface area (Å²) in [4.78, 5) is 0. The number of nitrogens with one attached hydrogen (secondary N) is 1. The quantitative estimate of drug-likeness (QED) is 0.706. The Balaban J connectivity index is 1.64. The normalized spacial score (nSPS) is 39.8. The summed E-state index contributed by atoms with van der Waals surface area (Å²) in [5, 5.41) is 3.71. The molecule has 0 unspecified atom stereocenters. The zero-order valence-electron chi connectivity index (χ0n) is 12.3. The molecule has 2 heteroatoms. The maximum Gasteiger partial charge on any atom is 0.120 e. The van der Waals surface area contributed by atoms with Gasteiger partial charge in [-0.1, -0.05) is 20.8 Å². The van der Waals surface area contributed by atoms with E-state index in [1.165, 1.54) is 57.9 Å². The molecule has 104 valence electrons. The monoisotopic (exact) mass is 251 g/mol. The van der Waals surface area contributed by atoms with Gasteiger partial charge in [0.1, 0.15) is 5.72 Å². The molecule has 0 aromatic carbocycles. The molecule has 3 rings (SSSR count). The Hall–Kier alpha value is -0.0800. The first-order valence-corrected chi connectivity index (χ1v) is 7.88. The summed E-state index contributed by atoms with van der Waals surface area (Å²) >= 11 is 0. The third kappa shape index (κ3) is 2.22. The molecule has 0 amide bonds. The lowest BCUT2D eigenvalue weighted by atomic mass is 9.69. The van der Waals surface area contributed by atoms with Crippen LogP contribution in [-0.4, -0.2) is 17.9 Å². The summed E-state index contributed by atoms with van der Waals surface area (Å²) in [5.41, 5.74) is 0.782. The largest absolute Gasteiger partial charge is 0.354 e. The Morgan fingerprint density at radius 3 is 2.17 bits per heavy atom. The van der Waals surface area contributed by atoms with Crippen LogP contribution in [0.1, 0.15) is 72.1 Å². The Bertz CT molecular complexity index is 306. The van der Waals surface area contributed by atoms with E-state index in [9.17, 15) is 0 Å². The minimum atomic E-state index is 0.0421. The summed E-state index contributed by atoms with van der Waals surface area (Å²) < 4.78 is 6.59. The van der Waals surface area contributed by atoms with Gasteiger partial charge < -0.3 is 4.74 Å². The first-order chi connectivity index (χ1) is 8.43. The standard InChI is InChI=1S/C16H29NO/c1-14(2,3)13-5-9-16(10-6-13)17-12-11-15(18-16)7-4-8-15/h13,17H,4-12H2,1-3H3. The Kier molecular flexibility index (Phi) is 3.02. The molecule has 3 fully saturated rings. The van der Waals surface area contributed by atoms with Gasteiger partial charge in [0.25, 0.3) is 0 Å². The fraction of sp³-hybridized carbons (Fsp3) is 1.00. The number of hydrogen-bond donors (Lipinski definition) is 1. The van der Waals surface area contributed by atoms with Crippen molar-refractivity contribution in [2.45, 2.75) is 83.5 Å². The summed E-state index contributed by atoms with van der Waals surface area (Å²) in [6.07, 6.45) is 10.3. The van der Waals surface area contributed by atoms with E-state index in [4.69, 9.17) is 4.74 Å². The van der Waals surface area contributed by atoms with Crippen molar-refractivity contribution in [1.29, 1.82) is 0 Å². The van der Waals surface area contributed by atoms with Crippen LogP contribution in [-0.2, 0) is 4.74 Å².